The molecule has 0 fully saturated rings. The van der Waals surface area contributed by atoms with Crippen molar-refractivity contribution in [2.75, 3.05) is 11.9 Å². The summed E-state index contributed by atoms with van der Waals surface area (Å²) in [4.78, 5) is 10.1. The van der Waals surface area contributed by atoms with Crippen LogP contribution in [-0.2, 0) is 0 Å². The van der Waals surface area contributed by atoms with Crippen molar-refractivity contribution in [3.8, 4) is 6.07 Å². The third kappa shape index (κ3) is 3.55. The van der Waals surface area contributed by atoms with Crippen LogP contribution in [0.1, 0.15) is 17.2 Å². The van der Waals surface area contributed by atoms with Crippen LogP contribution in [0, 0.1) is 21.4 Å². The highest BCUT2D eigenvalue weighted by Gasteiger charge is 2.14. The summed E-state index contributed by atoms with van der Waals surface area (Å²) < 4.78 is 0. The molecule has 1 unspecified atom stereocenters. The van der Waals surface area contributed by atoms with Crippen LogP contribution in [0.25, 0.3) is 0 Å². The largest absolute Gasteiger partial charge is 0.387 e. The first kappa shape index (κ1) is 14.5. The van der Waals surface area contributed by atoms with E-state index in [9.17, 15) is 15.2 Å². The monoisotopic (exact) mass is 283 g/mol. The minimum absolute atomic E-state index is 0.0146. The number of nitrogens with zero attached hydrogens (tertiary/aromatic N) is 2. The molecule has 0 aliphatic heterocycles. The quantitative estimate of drug-likeness (QED) is 0.649. The summed E-state index contributed by atoms with van der Waals surface area (Å²) in [5.74, 6) is 0. The van der Waals surface area contributed by atoms with E-state index in [1.165, 1.54) is 18.2 Å². The summed E-state index contributed by atoms with van der Waals surface area (Å²) >= 11 is 0. The Balaban J connectivity index is 2.07. The number of benzene rings is 2. The fraction of sp³-hybridized carbons (Fsp3) is 0.133. The van der Waals surface area contributed by atoms with E-state index in [1.807, 2.05) is 30.3 Å². The van der Waals surface area contributed by atoms with Crippen LogP contribution in [0.4, 0.5) is 11.4 Å². The molecular weight excluding hydrogens is 270 g/mol. The number of anilines is 1. The second-order valence-corrected chi connectivity index (χ2v) is 4.41. The predicted octanol–water partition coefficient (Wildman–Crippen LogP) is 2.61. The molecule has 0 aromatic heterocycles. The molecule has 0 radical (unpaired) electrons. The van der Waals surface area contributed by atoms with Crippen LogP contribution in [0.2, 0.25) is 0 Å². The summed E-state index contributed by atoms with van der Waals surface area (Å²) in [5.41, 5.74) is 1.07. The Morgan fingerprint density at radius 1 is 1.29 bits per heavy atom. The Morgan fingerprint density at radius 2 is 2.00 bits per heavy atom. The Bertz CT molecular complexity index is 680. The smallest absolute Gasteiger partial charge is 0.287 e. The summed E-state index contributed by atoms with van der Waals surface area (Å²) in [6, 6.07) is 15.1. The van der Waals surface area contributed by atoms with Gasteiger partial charge in [0.15, 0.2) is 0 Å². The second kappa shape index (κ2) is 6.50. The maximum Gasteiger partial charge on any atom is 0.287 e. The molecule has 0 amide bonds. The number of nitriles is 1. The number of rotatable bonds is 5. The lowest BCUT2D eigenvalue weighted by molar-refractivity contribution is -0.385. The fourth-order valence-corrected chi connectivity index (χ4v) is 1.90. The lowest BCUT2D eigenvalue weighted by Crippen LogP contribution is -2.12. The molecular formula is C15H13N3O3. The minimum Gasteiger partial charge on any atom is -0.387 e. The first-order chi connectivity index (χ1) is 10.1. The van der Waals surface area contributed by atoms with Gasteiger partial charge in [-0.2, -0.15) is 5.26 Å². The molecule has 0 aliphatic rings. The molecule has 0 saturated heterocycles. The number of aliphatic hydroxyl groups is 1. The zero-order valence-electron chi connectivity index (χ0n) is 11.1. The van der Waals surface area contributed by atoms with Gasteiger partial charge in [0.2, 0.25) is 0 Å². The van der Waals surface area contributed by atoms with Crippen LogP contribution < -0.4 is 5.32 Å². The Morgan fingerprint density at radius 3 is 2.62 bits per heavy atom. The van der Waals surface area contributed by atoms with Gasteiger partial charge in [0.05, 0.1) is 11.0 Å². The third-order valence-electron chi connectivity index (χ3n) is 3.00. The van der Waals surface area contributed by atoms with Crippen molar-refractivity contribution in [3.63, 3.8) is 0 Å². The normalized spacial score (nSPS) is 11.4. The van der Waals surface area contributed by atoms with E-state index < -0.39 is 11.0 Å². The van der Waals surface area contributed by atoms with Crippen LogP contribution in [0.15, 0.2) is 48.5 Å². The van der Waals surface area contributed by atoms with Crippen LogP contribution in [0.3, 0.4) is 0 Å². The van der Waals surface area contributed by atoms with E-state index in [0.29, 0.717) is 5.69 Å². The van der Waals surface area contributed by atoms with Gasteiger partial charge in [-0.3, -0.25) is 10.1 Å². The molecule has 0 heterocycles. The topological polar surface area (TPSA) is 99.2 Å². The van der Waals surface area contributed by atoms with E-state index in [2.05, 4.69) is 5.32 Å². The highest BCUT2D eigenvalue weighted by atomic mass is 16.6. The van der Waals surface area contributed by atoms with Gasteiger partial charge in [0.1, 0.15) is 11.6 Å². The van der Waals surface area contributed by atoms with E-state index in [-0.39, 0.29) is 17.8 Å². The van der Waals surface area contributed by atoms with E-state index in [4.69, 9.17) is 5.26 Å². The van der Waals surface area contributed by atoms with E-state index in [1.54, 1.807) is 6.07 Å². The van der Waals surface area contributed by atoms with Crippen molar-refractivity contribution in [1.29, 1.82) is 5.26 Å². The first-order valence-electron chi connectivity index (χ1n) is 6.27. The Labute approximate surface area is 121 Å². The third-order valence-corrected chi connectivity index (χ3v) is 3.00. The first-order valence-corrected chi connectivity index (χ1v) is 6.27. The van der Waals surface area contributed by atoms with Crippen molar-refractivity contribution in [2.24, 2.45) is 0 Å². The summed E-state index contributed by atoms with van der Waals surface area (Å²) in [6.07, 6.45) is -0.702. The molecule has 6 heteroatoms. The van der Waals surface area contributed by atoms with Crippen molar-refractivity contribution in [3.05, 3.63) is 69.8 Å². The average molecular weight is 283 g/mol. The van der Waals surface area contributed by atoms with Gasteiger partial charge in [0.25, 0.3) is 5.69 Å². The van der Waals surface area contributed by atoms with E-state index in [0.717, 1.165) is 5.56 Å². The number of nitro benzene ring substituents is 1. The molecule has 2 aromatic rings. The van der Waals surface area contributed by atoms with Crippen molar-refractivity contribution in [1.82, 2.24) is 0 Å². The Hall–Kier alpha value is -2.91. The average Bonchev–Trinajstić information content (AvgIpc) is 2.52. The van der Waals surface area contributed by atoms with Crippen molar-refractivity contribution < 1.29 is 10.0 Å². The lowest BCUT2D eigenvalue weighted by Gasteiger charge is -2.13. The minimum atomic E-state index is -0.702. The molecule has 106 valence electrons. The predicted molar refractivity (Wildman–Crippen MR) is 77.7 cm³/mol. The molecule has 0 bridgehead atoms. The second-order valence-electron chi connectivity index (χ2n) is 4.41. The maximum absolute atomic E-state index is 10.7. The molecule has 0 saturated carbocycles. The molecule has 0 spiro atoms. The van der Waals surface area contributed by atoms with Gasteiger partial charge in [-0.05, 0) is 17.7 Å². The maximum atomic E-state index is 10.7. The lowest BCUT2D eigenvalue weighted by atomic mass is 10.1. The number of hydrogen-bond donors (Lipinski definition) is 2. The highest BCUT2D eigenvalue weighted by Crippen LogP contribution is 2.22. The zero-order chi connectivity index (χ0) is 15.2. The number of nitrogens with one attached hydrogen (secondary N) is 1. The Kier molecular flexibility index (Phi) is 4.49. The standard InChI is InChI=1S/C15H13N3O3/c16-9-12-8-13(6-7-14(12)18(20)21)17-10-15(19)11-4-2-1-3-5-11/h1-8,15,17,19H,10H2. The highest BCUT2D eigenvalue weighted by molar-refractivity contribution is 5.58. The fourth-order valence-electron chi connectivity index (χ4n) is 1.90. The molecule has 1 atom stereocenters. The molecule has 6 nitrogen and oxygen atoms in total. The van der Waals surface area contributed by atoms with Crippen molar-refractivity contribution in [2.45, 2.75) is 6.10 Å². The number of aliphatic hydroxyl groups excluding tert-OH is 1. The molecule has 2 rings (SSSR count). The van der Waals surface area contributed by atoms with Gasteiger partial charge in [-0.15, -0.1) is 0 Å². The number of nitro groups is 1. The van der Waals surface area contributed by atoms with Crippen LogP contribution in [-0.4, -0.2) is 16.6 Å². The van der Waals surface area contributed by atoms with E-state index >= 15 is 0 Å². The summed E-state index contributed by atoms with van der Waals surface area (Å²) in [6.45, 7) is 0.243. The van der Waals surface area contributed by atoms with Crippen molar-refractivity contribution >= 4 is 11.4 Å². The van der Waals surface area contributed by atoms with Gasteiger partial charge in [0, 0.05) is 18.3 Å². The van der Waals surface area contributed by atoms with Crippen LogP contribution in [0.5, 0.6) is 0 Å². The molecule has 21 heavy (non-hydrogen) atoms. The van der Waals surface area contributed by atoms with Gasteiger partial charge in [-0.25, -0.2) is 0 Å². The molecule has 2 N–H and O–H groups in total. The SMILES string of the molecule is N#Cc1cc(NCC(O)c2ccccc2)ccc1[N+](=O)[O-]. The molecule has 2 aromatic carbocycles. The zero-order valence-corrected chi connectivity index (χ0v) is 11.1. The van der Waals surface area contributed by atoms with Crippen LogP contribution >= 0.6 is 0 Å². The number of hydrogen-bond acceptors (Lipinski definition) is 5. The summed E-state index contributed by atoms with van der Waals surface area (Å²) in [7, 11) is 0. The van der Waals surface area contributed by atoms with Gasteiger partial charge >= 0.3 is 0 Å². The summed E-state index contributed by atoms with van der Waals surface area (Å²) in [5, 5.41) is 32.6. The van der Waals surface area contributed by atoms with Gasteiger partial charge < -0.3 is 10.4 Å². The molecule has 0 aliphatic carbocycles. The van der Waals surface area contributed by atoms with Gasteiger partial charge in [-0.1, -0.05) is 30.3 Å².